The minimum absolute atomic E-state index is 0.624. The molecule has 1 atom stereocenters. The summed E-state index contributed by atoms with van der Waals surface area (Å²) < 4.78 is 6.04. The SMILES string of the molecule is CCCC(CCC)COC1=CC=CC(CCCN)C1. The van der Waals surface area contributed by atoms with Crippen LogP contribution in [0.1, 0.15) is 58.8 Å². The number of hydrogen-bond acceptors (Lipinski definition) is 2. The lowest BCUT2D eigenvalue weighted by molar-refractivity contribution is 0.141. The molecule has 0 saturated carbocycles. The van der Waals surface area contributed by atoms with Crippen molar-refractivity contribution in [2.45, 2.75) is 58.8 Å². The lowest BCUT2D eigenvalue weighted by atomic mass is 9.94. The van der Waals surface area contributed by atoms with Gasteiger partial charge < -0.3 is 10.5 Å². The molecule has 0 saturated heterocycles. The van der Waals surface area contributed by atoms with Crippen LogP contribution >= 0.6 is 0 Å². The third kappa shape index (κ3) is 6.81. The van der Waals surface area contributed by atoms with Crippen molar-refractivity contribution in [3.05, 3.63) is 24.0 Å². The fourth-order valence-electron chi connectivity index (χ4n) is 2.75. The second kappa shape index (κ2) is 10.1. The van der Waals surface area contributed by atoms with Gasteiger partial charge in [0, 0.05) is 6.42 Å². The zero-order chi connectivity index (χ0) is 13.9. The van der Waals surface area contributed by atoms with Crippen LogP contribution < -0.4 is 5.73 Å². The first-order valence-corrected chi connectivity index (χ1v) is 8.00. The normalized spacial score (nSPS) is 18.7. The Morgan fingerprint density at radius 2 is 2.05 bits per heavy atom. The van der Waals surface area contributed by atoms with Crippen LogP contribution in [0.25, 0.3) is 0 Å². The van der Waals surface area contributed by atoms with Gasteiger partial charge in [0.25, 0.3) is 0 Å². The first-order valence-electron chi connectivity index (χ1n) is 8.00. The zero-order valence-corrected chi connectivity index (χ0v) is 12.7. The van der Waals surface area contributed by atoms with Gasteiger partial charge in [-0.15, -0.1) is 0 Å². The molecule has 0 amide bonds. The van der Waals surface area contributed by atoms with E-state index in [0.29, 0.717) is 5.92 Å². The van der Waals surface area contributed by atoms with Crippen molar-refractivity contribution in [2.75, 3.05) is 13.2 Å². The van der Waals surface area contributed by atoms with Crippen LogP contribution in [0.2, 0.25) is 0 Å². The van der Waals surface area contributed by atoms with E-state index in [4.69, 9.17) is 10.5 Å². The second-order valence-electron chi connectivity index (χ2n) is 5.67. The predicted octanol–water partition coefficient (Wildman–Crippen LogP) is 4.42. The summed E-state index contributed by atoms with van der Waals surface area (Å²) in [6.07, 6.45) is 15.0. The summed E-state index contributed by atoms with van der Waals surface area (Å²) in [7, 11) is 0. The lowest BCUT2D eigenvalue weighted by Gasteiger charge is -2.22. The molecular weight excluding hydrogens is 234 g/mol. The van der Waals surface area contributed by atoms with Gasteiger partial charge in [-0.05, 0) is 50.1 Å². The second-order valence-corrected chi connectivity index (χ2v) is 5.67. The summed E-state index contributed by atoms with van der Waals surface area (Å²) in [5, 5.41) is 0. The smallest absolute Gasteiger partial charge is 0.0965 e. The summed E-state index contributed by atoms with van der Waals surface area (Å²) in [6, 6.07) is 0. The van der Waals surface area contributed by atoms with E-state index in [-0.39, 0.29) is 0 Å². The standard InChI is InChI=1S/C17H31NO/c1-3-7-16(8-4-2)14-19-17-11-5-9-15(13-17)10-6-12-18/h5,9,11,15-16H,3-4,6-8,10,12-14,18H2,1-2H3. The first-order chi connectivity index (χ1) is 9.30. The molecule has 1 aliphatic rings. The topological polar surface area (TPSA) is 35.2 Å². The van der Waals surface area contributed by atoms with Crippen molar-refractivity contribution < 1.29 is 4.74 Å². The zero-order valence-electron chi connectivity index (χ0n) is 12.7. The third-order valence-electron chi connectivity index (χ3n) is 3.81. The predicted molar refractivity (Wildman–Crippen MR) is 82.9 cm³/mol. The Morgan fingerprint density at radius 1 is 1.32 bits per heavy atom. The van der Waals surface area contributed by atoms with E-state index in [2.05, 4.69) is 32.1 Å². The Kier molecular flexibility index (Phi) is 8.64. The van der Waals surface area contributed by atoms with Crippen molar-refractivity contribution in [1.29, 1.82) is 0 Å². The molecule has 1 unspecified atom stereocenters. The van der Waals surface area contributed by atoms with E-state index < -0.39 is 0 Å². The fraction of sp³-hybridized carbons (Fsp3) is 0.765. The summed E-state index contributed by atoms with van der Waals surface area (Å²) in [5.41, 5.74) is 5.58. The van der Waals surface area contributed by atoms with E-state index in [9.17, 15) is 0 Å². The molecule has 1 aliphatic carbocycles. The molecule has 1 rings (SSSR count). The highest BCUT2D eigenvalue weighted by atomic mass is 16.5. The molecule has 2 N–H and O–H groups in total. The van der Waals surface area contributed by atoms with Gasteiger partial charge in [0.1, 0.15) is 0 Å². The monoisotopic (exact) mass is 265 g/mol. The first kappa shape index (κ1) is 16.3. The highest BCUT2D eigenvalue weighted by Gasteiger charge is 2.14. The van der Waals surface area contributed by atoms with Crippen LogP contribution in [0.15, 0.2) is 24.0 Å². The maximum Gasteiger partial charge on any atom is 0.0965 e. The molecule has 0 aliphatic heterocycles. The van der Waals surface area contributed by atoms with Gasteiger partial charge in [0.05, 0.1) is 12.4 Å². The van der Waals surface area contributed by atoms with Crippen LogP contribution in [0.5, 0.6) is 0 Å². The largest absolute Gasteiger partial charge is 0.498 e. The average Bonchev–Trinajstić information content (AvgIpc) is 2.43. The molecule has 0 aromatic heterocycles. The Bertz CT molecular complexity index is 277. The van der Waals surface area contributed by atoms with Crippen molar-refractivity contribution >= 4 is 0 Å². The van der Waals surface area contributed by atoms with Crippen LogP contribution in [-0.4, -0.2) is 13.2 Å². The minimum atomic E-state index is 0.624. The van der Waals surface area contributed by atoms with Gasteiger partial charge in [0.15, 0.2) is 0 Å². The lowest BCUT2D eigenvalue weighted by Crippen LogP contribution is -2.12. The van der Waals surface area contributed by atoms with Crippen LogP contribution in [-0.2, 0) is 4.74 Å². The molecule has 0 bridgehead atoms. The van der Waals surface area contributed by atoms with Gasteiger partial charge in [-0.2, -0.15) is 0 Å². The van der Waals surface area contributed by atoms with Crippen LogP contribution in [0.4, 0.5) is 0 Å². The van der Waals surface area contributed by atoms with Gasteiger partial charge in [-0.3, -0.25) is 0 Å². The summed E-state index contributed by atoms with van der Waals surface area (Å²) >= 11 is 0. The summed E-state index contributed by atoms with van der Waals surface area (Å²) in [4.78, 5) is 0. The Morgan fingerprint density at radius 3 is 2.68 bits per heavy atom. The van der Waals surface area contributed by atoms with E-state index in [0.717, 1.165) is 31.9 Å². The number of ether oxygens (including phenoxy) is 1. The Balaban J connectivity index is 2.31. The molecule has 2 heteroatoms. The number of rotatable bonds is 10. The molecule has 0 aromatic rings. The molecule has 0 heterocycles. The molecule has 0 radical (unpaired) electrons. The quantitative estimate of drug-likeness (QED) is 0.634. The van der Waals surface area contributed by atoms with Crippen molar-refractivity contribution in [3.63, 3.8) is 0 Å². The molecule has 110 valence electrons. The van der Waals surface area contributed by atoms with Crippen LogP contribution in [0.3, 0.4) is 0 Å². The highest BCUT2D eigenvalue weighted by molar-refractivity contribution is 5.15. The highest BCUT2D eigenvalue weighted by Crippen LogP contribution is 2.25. The molecular formula is C17H31NO. The van der Waals surface area contributed by atoms with E-state index >= 15 is 0 Å². The molecule has 0 fully saturated rings. The van der Waals surface area contributed by atoms with E-state index in [1.54, 1.807) is 0 Å². The average molecular weight is 265 g/mol. The maximum atomic E-state index is 6.04. The maximum absolute atomic E-state index is 6.04. The molecule has 19 heavy (non-hydrogen) atoms. The van der Waals surface area contributed by atoms with E-state index in [1.807, 2.05) is 0 Å². The van der Waals surface area contributed by atoms with Gasteiger partial charge in [-0.25, -0.2) is 0 Å². The van der Waals surface area contributed by atoms with E-state index in [1.165, 1.54) is 37.9 Å². The summed E-state index contributed by atoms with van der Waals surface area (Å²) in [5.74, 6) is 2.52. The Hall–Kier alpha value is -0.760. The fourth-order valence-corrected chi connectivity index (χ4v) is 2.75. The minimum Gasteiger partial charge on any atom is -0.498 e. The van der Waals surface area contributed by atoms with Crippen molar-refractivity contribution in [2.24, 2.45) is 17.6 Å². The van der Waals surface area contributed by atoms with Crippen molar-refractivity contribution in [3.8, 4) is 0 Å². The van der Waals surface area contributed by atoms with Gasteiger partial charge >= 0.3 is 0 Å². The van der Waals surface area contributed by atoms with Gasteiger partial charge in [-0.1, -0.05) is 38.8 Å². The third-order valence-corrected chi connectivity index (χ3v) is 3.81. The summed E-state index contributed by atoms with van der Waals surface area (Å²) in [6.45, 7) is 6.20. The molecule has 0 spiro atoms. The van der Waals surface area contributed by atoms with Crippen LogP contribution in [0, 0.1) is 11.8 Å². The Labute approximate surface area is 119 Å². The number of hydrogen-bond donors (Lipinski definition) is 1. The van der Waals surface area contributed by atoms with Gasteiger partial charge in [0.2, 0.25) is 0 Å². The number of allylic oxidation sites excluding steroid dienone is 4. The molecule has 0 aromatic carbocycles. The van der Waals surface area contributed by atoms with Crippen molar-refractivity contribution in [1.82, 2.24) is 0 Å². The molecule has 2 nitrogen and oxygen atoms in total. The number of nitrogens with two attached hydrogens (primary N) is 1.